The molecule has 0 aliphatic heterocycles. The van der Waals surface area contributed by atoms with Crippen LogP contribution in [0.25, 0.3) is 33.6 Å². The number of benzene rings is 4. The topological polar surface area (TPSA) is 121 Å². The molecule has 0 bridgehead atoms. The summed E-state index contributed by atoms with van der Waals surface area (Å²) in [5.41, 5.74) is 13.5. The molecule has 4 aromatic heterocycles. The fourth-order valence-electron chi connectivity index (χ4n) is 7.54. The van der Waals surface area contributed by atoms with Crippen molar-refractivity contribution in [3.63, 3.8) is 0 Å². The van der Waals surface area contributed by atoms with Crippen LogP contribution in [0.4, 0.5) is 11.9 Å². The molecule has 0 saturated carbocycles. The lowest BCUT2D eigenvalue weighted by Crippen LogP contribution is -2.19. The van der Waals surface area contributed by atoms with Gasteiger partial charge in [-0.3, -0.25) is 25.0 Å². The summed E-state index contributed by atoms with van der Waals surface area (Å²) in [6.07, 6.45) is 9.48. The Hall–Kier alpha value is -7.53. The summed E-state index contributed by atoms with van der Waals surface area (Å²) in [6, 6.07) is 32.7. The Morgan fingerprint density at radius 1 is 0.567 bits per heavy atom. The van der Waals surface area contributed by atoms with Crippen LogP contribution in [-0.4, -0.2) is 40.1 Å². The van der Waals surface area contributed by atoms with Gasteiger partial charge in [0.2, 0.25) is 11.9 Å². The molecule has 0 radical (unpaired) electrons. The third kappa shape index (κ3) is 8.10. The number of imidazole rings is 2. The first-order valence-electron chi connectivity index (χ1n) is 19.8. The van der Waals surface area contributed by atoms with Crippen LogP contribution in [0.3, 0.4) is 0 Å². The van der Waals surface area contributed by atoms with E-state index in [4.69, 9.17) is 0 Å². The monoisotopic (exact) mass is 794 g/mol. The normalized spacial score (nSPS) is 11.2. The highest BCUT2D eigenvalue weighted by Gasteiger charge is 2.18. The van der Waals surface area contributed by atoms with Gasteiger partial charge in [-0.2, -0.15) is 0 Å². The lowest BCUT2D eigenvalue weighted by molar-refractivity contribution is 0.101. The van der Waals surface area contributed by atoms with Crippen LogP contribution >= 0.6 is 0 Å². The number of carbonyl (C=O) groups is 2. The molecule has 0 spiro atoms. The van der Waals surface area contributed by atoms with Crippen LogP contribution in [0.15, 0.2) is 139 Å². The molecule has 0 atom stereocenters. The average molecular weight is 795 g/mol. The molecule has 11 nitrogen and oxygen atoms in total. The second kappa shape index (κ2) is 16.4. The molecule has 60 heavy (non-hydrogen) atoms. The Morgan fingerprint density at radius 3 is 1.85 bits per heavy atom. The summed E-state index contributed by atoms with van der Waals surface area (Å²) >= 11 is 0. The van der Waals surface area contributed by atoms with Gasteiger partial charge in [-0.25, -0.2) is 9.97 Å². The van der Waals surface area contributed by atoms with Gasteiger partial charge in [0, 0.05) is 67.6 Å². The maximum Gasteiger partial charge on any atom is 0.257 e. The first kappa shape index (κ1) is 39.3. The predicted molar refractivity (Wildman–Crippen MR) is 237 cm³/mol. The van der Waals surface area contributed by atoms with Gasteiger partial charge in [0.05, 0.1) is 30.3 Å². The van der Waals surface area contributed by atoms with Gasteiger partial charge in [-0.1, -0.05) is 48.5 Å². The molecular weight excluding hydrogens is 749 g/mol. The van der Waals surface area contributed by atoms with Crippen molar-refractivity contribution < 1.29 is 9.59 Å². The Bertz CT molecular complexity index is 2980. The fourth-order valence-corrected chi connectivity index (χ4v) is 7.54. The van der Waals surface area contributed by atoms with Gasteiger partial charge in [-0.05, 0) is 121 Å². The number of rotatable bonds is 11. The van der Waals surface area contributed by atoms with Crippen molar-refractivity contribution in [3.8, 4) is 33.6 Å². The van der Waals surface area contributed by atoms with E-state index in [0.717, 1.165) is 55.9 Å². The summed E-state index contributed by atoms with van der Waals surface area (Å²) in [5.74, 6) is 0.411. The van der Waals surface area contributed by atoms with Crippen molar-refractivity contribution >= 4 is 23.7 Å². The van der Waals surface area contributed by atoms with Crippen LogP contribution in [-0.2, 0) is 27.2 Å². The summed E-state index contributed by atoms with van der Waals surface area (Å²) < 4.78 is 7.51. The maximum absolute atomic E-state index is 13.4. The average Bonchev–Trinajstić information content (AvgIpc) is 3.96. The fraction of sp³-hybridized carbons (Fsp3) is 0.163. The van der Waals surface area contributed by atoms with Crippen molar-refractivity contribution in [2.45, 2.75) is 40.8 Å². The first-order valence-corrected chi connectivity index (χ1v) is 19.8. The van der Waals surface area contributed by atoms with Gasteiger partial charge < -0.3 is 18.3 Å². The Balaban J connectivity index is 0.932. The molecule has 8 aromatic rings. The van der Waals surface area contributed by atoms with Crippen molar-refractivity contribution in [1.29, 1.82) is 0 Å². The van der Waals surface area contributed by atoms with Crippen molar-refractivity contribution in [1.82, 2.24) is 28.2 Å². The number of nitrogens with zero attached hydrogens (tertiary/aromatic N) is 6. The largest absolute Gasteiger partial charge is 0.349 e. The number of hydrogen-bond donors (Lipinski definition) is 2. The highest BCUT2D eigenvalue weighted by Crippen LogP contribution is 2.33. The molecule has 11 heteroatoms. The van der Waals surface area contributed by atoms with Crippen molar-refractivity contribution in [2.75, 3.05) is 10.6 Å². The highest BCUT2D eigenvalue weighted by atomic mass is 16.2. The number of anilines is 2. The summed E-state index contributed by atoms with van der Waals surface area (Å²) in [5, 5.41) is 5.95. The SMILES string of the molecule is Cc1ccc(-c2cnc(NC(=O)c3cccc(Cn4ccc(-c5cc(C)c(-c6cnc(NC(=O)c7cccc(Cn8ccccc8=O)c7)n6C)cc5C)c4)c3)n2C)cc1C. The molecule has 0 saturated heterocycles. The number of carbonyl (C=O) groups excluding carboxylic acids is 2. The van der Waals surface area contributed by atoms with E-state index in [1.165, 1.54) is 17.2 Å². The lowest BCUT2D eigenvalue weighted by Gasteiger charge is -2.13. The molecule has 300 valence electrons. The molecule has 0 unspecified atom stereocenters. The highest BCUT2D eigenvalue weighted by molar-refractivity contribution is 6.04. The van der Waals surface area contributed by atoms with Gasteiger partial charge in [-0.15, -0.1) is 0 Å². The van der Waals surface area contributed by atoms with E-state index in [1.807, 2.05) is 65.7 Å². The van der Waals surface area contributed by atoms with E-state index >= 15 is 0 Å². The third-order valence-electron chi connectivity index (χ3n) is 11.1. The number of aryl methyl sites for hydroxylation is 4. The summed E-state index contributed by atoms with van der Waals surface area (Å²) in [7, 11) is 3.79. The van der Waals surface area contributed by atoms with E-state index in [1.54, 1.807) is 41.4 Å². The smallest absolute Gasteiger partial charge is 0.257 e. The van der Waals surface area contributed by atoms with Gasteiger partial charge in [0.15, 0.2) is 0 Å². The minimum absolute atomic E-state index is 0.100. The standard InChI is InChI=1S/C49H46N8O3/c1-31-16-17-37(21-32(31)2)43-26-50-48(54(43)5)52-46(59)38-13-9-11-35(24-38)28-56-20-18-40(30-56)41-22-34(4)42(23-33(41)3)44-27-51-49(55(44)6)53-47(60)39-14-10-12-36(25-39)29-57-19-8-7-15-45(57)58/h7-27,30H,28-29H2,1-6H3,(H,50,52,59)(H,51,53,60). The Morgan fingerprint density at radius 2 is 1.18 bits per heavy atom. The Labute approximate surface area is 348 Å². The second-order valence-corrected chi connectivity index (χ2v) is 15.4. The number of aromatic nitrogens is 6. The van der Waals surface area contributed by atoms with Gasteiger partial charge in [0.25, 0.3) is 17.4 Å². The predicted octanol–water partition coefficient (Wildman–Crippen LogP) is 8.95. The van der Waals surface area contributed by atoms with E-state index in [-0.39, 0.29) is 17.4 Å². The van der Waals surface area contributed by atoms with E-state index < -0.39 is 0 Å². The van der Waals surface area contributed by atoms with Crippen molar-refractivity contribution in [3.05, 3.63) is 189 Å². The zero-order valence-electron chi connectivity index (χ0n) is 34.5. The Kier molecular flexibility index (Phi) is 10.7. The minimum Gasteiger partial charge on any atom is -0.349 e. The first-order chi connectivity index (χ1) is 28.9. The lowest BCUT2D eigenvalue weighted by atomic mass is 9.95. The van der Waals surface area contributed by atoms with E-state index in [0.29, 0.717) is 36.1 Å². The molecule has 2 N–H and O–H groups in total. The quantitative estimate of drug-likeness (QED) is 0.136. The molecule has 4 heterocycles. The number of nitrogens with one attached hydrogen (secondary N) is 2. The molecule has 2 amide bonds. The number of hydrogen-bond acceptors (Lipinski definition) is 5. The molecule has 0 aliphatic rings. The van der Waals surface area contributed by atoms with Crippen molar-refractivity contribution in [2.24, 2.45) is 14.1 Å². The third-order valence-corrected chi connectivity index (χ3v) is 11.1. The maximum atomic E-state index is 13.4. The number of amides is 2. The zero-order valence-corrected chi connectivity index (χ0v) is 34.5. The second-order valence-electron chi connectivity index (χ2n) is 15.4. The van der Waals surface area contributed by atoms with Crippen LogP contribution in [0, 0.1) is 27.7 Å². The van der Waals surface area contributed by atoms with E-state index in [9.17, 15) is 14.4 Å². The summed E-state index contributed by atoms with van der Waals surface area (Å²) in [4.78, 5) is 48.0. The van der Waals surface area contributed by atoms with Crippen LogP contribution < -0.4 is 16.2 Å². The number of pyridine rings is 1. The summed E-state index contributed by atoms with van der Waals surface area (Å²) in [6.45, 7) is 9.32. The zero-order chi connectivity index (χ0) is 42.1. The van der Waals surface area contributed by atoms with Crippen LogP contribution in [0.2, 0.25) is 0 Å². The van der Waals surface area contributed by atoms with Crippen LogP contribution in [0.1, 0.15) is 54.1 Å². The minimum atomic E-state index is -0.285. The molecule has 8 rings (SSSR count). The molecular formula is C49H46N8O3. The molecule has 0 fully saturated rings. The molecule has 4 aromatic carbocycles. The van der Waals surface area contributed by atoms with Gasteiger partial charge in [0.1, 0.15) is 0 Å². The van der Waals surface area contributed by atoms with Gasteiger partial charge >= 0.3 is 0 Å². The van der Waals surface area contributed by atoms with E-state index in [2.05, 4.69) is 102 Å². The van der Waals surface area contributed by atoms with Crippen LogP contribution in [0.5, 0.6) is 0 Å². The molecule has 0 aliphatic carbocycles.